The molecule has 1 N–H and O–H groups in total. The van der Waals surface area contributed by atoms with Gasteiger partial charge in [-0.3, -0.25) is 9.59 Å². The Labute approximate surface area is 119 Å². The van der Waals surface area contributed by atoms with Crippen molar-refractivity contribution in [3.05, 3.63) is 35.9 Å². The van der Waals surface area contributed by atoms with Crippen molar-refractivity contribution in [2.24, 2.45) is 5.92 Å². The van der Waals surface area contributed by atoms with Crippen LogP contribution in [0, 0.1) is 5.92 Å². The van der Waals surface area contributed by atoms with E-state index in [-0.39, 0.29) is 23.8 Å². The molecule has 3 rings (SSSR count). The van der Waals surface area contributed by atoms with E-state index in [2.05, 4.69) is 5.32 Å². The van der Waals surface area contributed by atoms with E-state index < -0.39 is 0 Å². The van der Waals surface area contributed by atoms with Crippen LogP contribution in [0.3, 0.4) is 0 Å². The van der Waals surface area contributed by atoms with E-state index in [1.807, 2.05) is 35.2 Å². The lowest BCUT2D eigenvalue weighted by molar-refractivity contribution is -0.137. The molecule has 0 radical (unpaired) electrons. The first-order chi connectivity index (χ1) is 9.74. The number of carbonyl (C=O) groups is 2. The second-order valence-corrected chi connectivity index (χ2v) is 5.74. The highest BCUT2D eigenvalue weighted by Gasteiger charge is 2.34. The minimum atomic E-state index is -0.0476. The van der Waals surface area contributed by atoms with Crippen LogP contribution < -0.4 is 5.32 Å². The second-order valence-electron chi connectivity index (χ2n) is 5.74. The van der Waals surface area contributed by atoms with Crippen LogP contribution in [0.4, 0.5) is 0 Å². The Bertz CT molecular complexity index is 496. The number of nitrogens with one attached hydrogen (secondary N) is 1. The van der Waals surface area contributed by atoms with E-state index in [4.69, 9.17) is 0 Å². The molecule has 2 fully saturated rings. The van der Waals surface area contributed by atoms with Crippen molar-refractivity contribution in [2.45, 2.75) is 31.7 Å². The molecule has 1 aliphatic heterocycles. The van der Waals surface area contributed by atoms with E-state index in [0.717, 1.165) is 25.8 Å². The SMILES string of the molecule is O=C(N[C@@H]1CCN(C(=O)C2CCC2)C1)c1ccccc1. The lowest BCUT2D eigenvalue weighted by Gasteiger charge is -2.29. The maximum Gasteiger partial charge on any atom is 0.251 e. The number of hydrogen-bond donors (Lipinski definition) is 1. The van der Waals surface area contributed by atoms with Gasteiger partial charge in [-0.05, 0) is 31.4 Å². The molecule has 0 aromatic heterocycles. The smallest absolute Gasteiger partial charge is 0.251 e. The lowest BCUT2D eigenvalue weighted by Crippen LogP contribution is -2.41. The lowest BCUT2D eigenvalue weighted by atomic mass is 9.84. The van der Waals surface area contributed by atoms with Crippen LogP contribution in [-0.2, 0) is 4.79 Å². The molecule has 4 nitrogen and oxygen atoms in total. The topological polar surface area (TPSA) is 49.4 Å². The van der Waals surface area contributed by atoms with Gasteiger partial charge in [0.2, 0.25) is 5.91 Å². The number of hydrogen-bond acceptors (Lipinski definition) is 2. The number of carbonyl (C=O) groups excluding carboxylic acids is 2. The monoisotopic (exact) mass is 272 g/mol. The molecule has 1 atom stereocenters. The molecule has 1 aliphatic carbocycles. The van der Waals surface area contributed by atoms with Crippen molar-refractivity contribution >= 4 is 11.8 Å². The summed E-state index contributed by atoms with van der Waals surface area (Å²) in [4.78, 5) is 26.1. The average molecular weight is 272 g/mol. The van der Waals surface area contributed by atoms with Gasteiger partial charge in [0, 0.05) is 30.6 Å². The third kappa shape index (κ3) is 2.69. The highest BCUT2D eigenvalue weighted by Crippen LogP contribution is 2.29. The summed E-state index contributed by atoms with van der Waals surface area (Å²) in [6.07, 6.45) is 4.11. The minimum Gasteiger partial charge on any atom is -0.347 e. The zero-order valence-corrected chi connectivity index (χ0v) is 11.5. The van der Waals surface area contributed by atoms with Crippen LogP contribution in [0.5, 0.6) is 0 Å². The number of likely N-dealkylation sites (tertiary alicyclic amines) is 1. The average Bonchev–Trinajstić information content (AvgIpc) is 2.86. The molecule has 4 heteroatoms. The molecule has 20 heavy (non-hydrogen) atoms. The first-order valence-electron chi connectivity index (χ1n) is 7.39. The van der Waals surface area contributed by atoms with Gasteiger partial charge < -0.3 is 10.2 Å². The zero-order valence-electron chi connectivity index (χ0n) is 11.5. The molecule has 0 bridgehead atoms. The Morgan fingerprint density at radius 3 is 2.50 bits per heavy atom. The van der Waals surface area contributed by atoms with E-state index in [9.17, 15) is 9.59 Å². The van der Waals surface area contributed by atoms with Crippen LogP contribution in [-0.4, -0.2) is 35.8 Å². The van der Waals surface area contributed by atoms with E-state index in [1.165, 1.54) is 6.42 Å². The maximum absolute atomic E-state index is 12.1. The van der Waals surface area contributed by atoms with Crippen molar-refractivity contribution < 1.29 is 9.59 Å². The first-order valence-corrected chi connectivity index (χ1v) is 7.39. The molecule has 0 unspecified atom stereocenters. The third-order valence-electron chi connectivity index (χ3n) is 4.33. The second kappa shape index (κ2) is 5.65. The summed E-state index contributed by atoms with van der Waals surface area (Å²) in [5.41, 5.74) is 0.677. The highest BCUT2D eigenvalue weighted by molar-refractivity contribution is 5.94. The maximum atomic E-state index is 12.1. The first kappa shape index (κ1) is 13.2. The van der Waals surface area contributed by atoms with Crippen molar-refractivity contribution in [1.82, 2.24) is 10.2 Å². The summed E-state index contributed by atoms with van der Waals surface area (Å²) in [6, 6.07) is 9.31. The van der Waals surface area contributed by atoms with Crippen molar-refractivity contribution in [1.29, 1.82) is 0 Å². The predicted molar refractivity (Wildman–Crippen MR) is 76.2 cm³/mol. The van der Waals surface area contributed by atoms with E-state index >= 15 is 0 Å². The van der Waals surface area contributed by atoms with Gasteiger partial charge in [0.1, 0.15) is 0 Å². The van der Waals surface area contributed by atoms with Gasteiger partial charge in [0.05, 0.1) is 0 Å². The van der Waals surface area contributed by atoms with Gasteiger partial charge in [-0.2, -0.15) is 0 Å². The van der Waals surface area contributed by atoms with Crippen LogP contribution >= 0.6 is 0 Å². The quantitative estimate of drug-likeness (QED) is 0.912. The van der Waals surface area contributed by atoms with Gasteiger partial charge >= 0.3 is 0 Å². The fraction of sp³-hybridized carbons (Fsp3) is 0.500. The molecular weight excluding hydrogens is 252 g/mol. The summed E-state index contributed by atoms with van der Waals surface area (Å²) >= 11 is 0. The number of nitrogens with zero attached hydrogens (tertiary/aromatic N) is 1. The zero-order chi connectivity index (χ0) is 13.9. The third-order valence-corrected chi connectivity index (χ3v) is 4.33. The van der Waals surface area contributed by atoms with Gasteiger partial charge in [0.25, 0.3) is 5.91 Å². The Hall–Kier alpha value is -1.84. The predicted octanol–water partition coefficient (Wildman–Crippen LogP) is 1.82. The number of benzene rings is 1. The molecular formula is C16H20N2O2. The molecule has 2 amide bonds. The minimum absolute atomic E-state index is 0.0476. The standard InChI is InChI=1S/C16H20N2O2/c19-15(12-5-2-1-3-6-12)17-14-9-10-18(11-14)16(20)13-7-4-8-13/h1-3,5-6,13-14H,4,7-11H2,(H,17,19)/t14-/m1/s1. The van der Waals surface area contributed by atoms with Crippen LogP contribution in [0.25, 0.3) is 0 Å². The van der Waals surface area contributed by atoms with Crippen LogP contribution in [0.1, 0.15) is 36.0 Å². The molecule has 1 saturated carbocycles. The number of rotatable bonds is 3. The largest absolute Gasteiger partial charge is 0.347 e. The van der Waals surface area contributed by atoms with Crippen molar-refractivity contribution in [3.63, 3.8) is 0 Å². The van der Waals surface area contributed by atoms with Crippen molar-refractivity contribution in [2.75, 3.05) is 13.1 Å². The highest BCUT2D eigenvalue weighted by atomic mass is 16.2. The molecule has 2 aliphatic rings. The molecule has 1 saturated heterocycles. The van der Waals surface area contributed by atoms with Crippen LogP contribution in [0.2, 0.25) is 0 Å². The summed E-state index contributed by atoms with van der Waals surface area (Å²) < 4.78 is 0. The van der Waals surface area contributed by atoms with E-state index in [0.29, 0.717) is 12.1 Å². The Balaban J connectivity index is 1.52. The van der Waals surface area contributed by atoms with Gasteiger partial charge in [-0.1, -0.05) is 24.6 Å². The number of amides is 2. The molecule has 0 spiro atoms. The summed E-state index contributed by atoms with van der Waals surface area (Å²) in [6.45, 7) is 1.43. The normalized spacial score (nSPS) is 22.4. The Morgan fingerprint density at radius 1 is 1.10 bits per heavy atom. The molecule has 106 valence electrons. The Kier molecular flexibility index (Phi) is 3.72. The Morgan fingerprint density at radius 2 is 1.85 bits per heavy atom. The van der Waals surface area contributed by atoms with Gasteiger partial charge in [0.15, 0.2) is 0 Å². The molecule has 1 aromatic rings. The van der Waals surface area contributed by atoms with Crippen LogP contribution in [0.15, 0.2) is 30.3 Å². The van der Waals surface area contributed by atoms with Gasteiger partial charge in [-0.15, -0.1) is 0 Å². The van der Waals surface area contributed by atoms with Crippen molar-refractivity contribution in [3.8, 4) is 0 Å². The molecule has 1 aromatic carbocycles. The summed E-state index contributed by atoms with van der Waals surface area (Å²) in [5, 5.41) is 3.02. The fourth-order valence-corrected chi connectivity index (χ4v) is 2.85. The summed E-state index contributed by atoms with van der Waals surface area (Å²) in [5.74, 6) is 0.486. The summed E-state index contributed by atoms with van der Waals surface area (Å²) in [7, 11) is 0. The van der Waals surface area contributed by atoms with E-state index in [1.54, 1.807) is 0 Å². The van der Waals surface area contributed by atoms with Gasteiger partial charge in [-0.25, -0.2) is 0 Å². The molecule has 1 heterocycles. The fourth-order valence-electron chi connectivity index (χ4n) is 2.85.